The SMILES string of the molecule is COc1ccc([C@@H](N)C(C)C)cc1OC. The van der Waals surface area contributed by atoms with Crippen LogP contribution in [0.4, 0.5) is 0 Å². The first-order valence-corrected chi connectivity index (χ1v) is 5.07. The molecular weight excluding hydrogens is 190 g/mol. The Hall–Kier alpha value is -1.22. The fraction of sp³-hybridized carbons (Fsp3) is 0.500. The summed E-state index contributed by atoms with van der Waals surface area (Å²) >= 11 is 0. The Morgan fingerprint density at radius 2 is 1.67 bits per heavy atom. The molecule has 1 aromatic rings. The van der Waals surface area contributed by atoms with Crippen LogP contribution in [0, 0.1) is 5.92 Å². The minimum atomic E-state index is 0.0322. The molecule has 0 saturated carbocycles. The summed E-state index contributed by atoms with van der Waals surface area (Å²) in [6, 6.07) is 5.83. The predicted octanol–water partition coefficient (Wildman–Crippen LogP) is 2.36. The van der Waals surface area contributed by atoms with Gasteiger partial charge in [-0.25, -0.2) is 0 Å². The Balaban J connectivity index is 3.02. The van der Waals surface area contributed by atoms with Crippen molar-refractivity contribution in [2.75, 3.05) is 14.2 Å². The Kier molecular flexibility index (Phi) is 3.97. The highest BCUT2D eigenvalue weighted by Gasteiger charge is 2.13. The van der Waals surface area contributed by atoms with E-state index in [1.54, 1.807) is 14.2 Å². The van der Waals surface area contributed by atoms with Crippen molar-refractivity contribution in [3.8, 4) is 11.5 Å². The Labute approximate surface area is 91.2 Å². The monoisotopic (exact) mass is 209 g/mol. The lowest BCUT2D eigenvalue weighted by Gasteiger charge is -2.17. The van der Waals surface area contributed by atoms with Gasteiger partial charge in [-0.05, 0) is 23.6 Å². The molecule has 0 fully saturated rings. The highest BCUT2D eigenvalue weighted by atomic mass is 16.5. The normalized spacial score (nSPS) is 12.7. The zero-order chi connectivity index (χ0) is 11.4. The predicted molar refractivity (Wildman–Crippen MR) is 61.3 cm³/mol. The van der Waals surface area contributed by atoms with Crippen LogP contribution in [0.25, 0.3) is 0 Å². The molecule has 0 aliphatic heterocycles. The molecule has 2 N–H and O–H groups in total. The third kappa shape index (κ3) is 2.63. The van der Waals surface area contributed by atoms with E-state index in [0.717, 1.165) is 17.1 Å². The molecule has 1 aromatic carbocycles. The summed E-state index contributed by atoms with van der Waals surface area (Å²) in [6.07, 6.45) is 0. The van der Waals surface area contributed by atoms with Crippen LogP contribution in [-0.2, 0) is 0 Å². The van der Waals surface area contributed by atoms with E-state index in [2.05, 4.69) is 13.8 Å². The first kappa shape index (κ1) is 11.9. The summed E-state index contributed by atoms with van der Waals surface area (Å²) in [4.78, 5) is 0. The van der Waals surface area contributed by atoms with Gasteiger partial charge >= 0.3 is 0 Å². The van der Waals surface area contributed by atoms with Crippen molar-refractivity contribution in [3.63, 3.8) is 0 Å². The number of nitrogens with two attached hydrogens (primary N) is 1. The molecule has 84 valence electrons. The fourth-order valence-electron chi connectivity index (χ4n) is 1.45. The molecule has 0 aromatic heterocycles. The average molecular weight is 209 g/mol. The lowest BCUT2D eigenvalue weighted by Crippen LogP contribution is -2.16. The lowest BCUT2D eigenvalue weighted by molar-refractivity contribution is 0.353. The zero-order valence-corrected chi connectivity index (χ0v) is 9.78. The van der Waals surface area contributed by atoms with Gasteiger partial charge in [-0.1, -0.05) is 19.9 Å². The number of rotatable bonds is 4. The summed E-state index contributed by atoms with van der Waals surface area (Å²) in [5.41, 5.74) is 7.13. The van der Waals surface area contributed by atoms with Crippen LogP contribution in [0.1, 0.15) is 25.5 Å². The third-order valence-corrected chi connectivity index (χ3v) is 2.51. The van der Waals surface area contributed by atoms with E-state index in [1.165, 1.54) is 0 Å². The maximum atomic E-state index is 6.06. The van der Waals surface area contributed by atoms with E-state index in [-0.39, 0.29) is 6.04 Å². The van der Waals surface area contributed by atoms with Crippen LogP contribution in [0.15, 0.2) is 18.2 Å². The topological polar surface area (TPSA) is 44.5 Å². The average Bonchev–Trinajstić information content (AvgIpc) is 2.26. The molecule has 0 amide bonds. The largest absolute Gasteiger partial charge is 0.493 e. The molecule has 0 heterocycles. The number of methoxy groups -OCH3 is 2. The van der Waals surface area contributed by atoms with Crippen LogP contribution in [0.2, 0.25) is 0 Å². The summed E-state index contributed by atoms with van der Waals surface area (Å²) in [6.45, 7) is 4.20. The first-order chi connectivity index (χ1) is 7.10. The van der Waals surface area contributed by atoms with Gasteiger partial charge in [0.1, 0.15) is 0 Å². The van der Waals surface area contributed by atoms with Crippen LogP contribution in [0.3, 0.4) is 0 Å². The summed E-state index contributed by atoms with van der Waals surface area (Å²) < 4.78 is 10.4. The second kappa shape index (κ2) is 5.03. The van der Waals surface area contributed by atoms with Crippen LogP contribution in [0.5, 0.6) is 11.5 Å². The van der Waals surface area contributed by atoms with Crippen LogP contribution in [-0.4, -0.2) is 14.2 Å². The molecule has 15 heavy (non-hydrogen) atoms. The first-order valence-electron chi connectivity index (χ1n) is 5.07. The van der Waals surface area contributed by atoms with Gasteiger partial charge in [0.2, 0.25) is 0 Å². The summed E-state index contributed by atoms with van der Waals surface area (Å²) in [5.74, 6) is 1.87. The number of hydrogen-bond donors (Lipinski definition) is 1. The highest BCUT2D eigenvalue weighted by Crippen LogP contribution is 2.31. The van der Waals surface area contributed by atoms with Gasteiger partial charge < -0.3 is 15.2 Å². The zero-order valence-electron chi connectivity index (χ0n) is 9.78. The Bertz CT molecular complexity index is 323. The minimum absolute atomic E-state index is 0.0322. The van der Waals surface area contributed by atoms with Crippen molar-refractivity contribution >= 4 is 0 Å². The molecule has 0 aliphatic carbocycles. The van der Waals surface area contributed by atoms with Crippen molar-refractivity contribution in [3.05, 3.63) is 23.8 Å². The maximum absolute atomic E-state index is 6.06. The number of benzene rings is 1. The second-order valence-corrected chi connectivity index (χ2v) is 3.88. The van der Waals surface area contributed by atoms with Gasteiger partial charge in [0.25, 0.3) is 0 Å². The molecule has 0 unspecified atom stereocenters. The van der Waals surface area contributed by atoms with Crippen molar-refractivity contribution in [1.29, 1.82) is 0 Å². The van der Waals surface area contributed by atoms with E-state index < -0.39 is 0 Å². The van der Waals surface area contributed by atoms with Gasteiger partial charge in [0.15, 0.2) is 11.5 Å². The quantitative estimate of drug-likeness (QED) is 0.828. The molecule has 3 heteroatoms. The Morgan fingerprint density at radius 3 is 2.13 bits per heavy atom. The smallest absolute Gasteiger partial charge is 0.161 e. The van der Waals surface area contributed by atoms with Crippen LogP contribution >= 0.6 is 0 Å². The van der Waals surface area contributed by atoms with E-state index in [9.17, 15) is 0 Å². The second-order valence-electron chi connectivity index (χ2n) is 3.88. The van der Waals surface area contributed by atoms with Crippen molar-refractivity contribution in [1.82, 2.24) is 0 Å². The van der Waals surface area contributed by atoms with Gasteiger partial charge in [0.05, 0.1) is 14.2 Å². The molecule has 0 radical (unpaired) electrons. The standard InChI is InChI=1S/C12H19NO2/c1-8(2)12(13)9-5-6-10(14-3)11(7-9)15-4/h5-8,12H,13H2,1-4H3/t12-/m0/s1. The molecule has 1 rings (SSSR count). The van der Waals surface area contributed by atoms with E-state index >= 15 is 0 Å². The van der Waals surface area contributed by atoms with Gasteiger partial charge in [0, 0.05) is 6.04 Å². The van der Waals surface area contributed by atoms with E-state index in [4.69, 9.17) is 15.2 Å². The number of ether oxygens (including phenoxy) is 2. The van der Waals surface area contributed by atoms with E-state index in [0.29, 0.717) is 5.92 Å². The van der Waals surface area contributed by atoms with Crippen molar-refractivity contribution in [2.45, 2.75) is 19.9 Å². The molecule has 0 bridgehead atoms. The van der Waals surface area contributed by atoms with Gasteiger partial charge in [-0.3, -0.25) is 0 Å². The molecule has 0 spiro atoms. The van der Waals surface area contributed by atoms with Crippen molar-refractivity contribution < 1.29 is 9.47 Å². The van der Waals surface area contributed by atoms with E-state index in [1.807, 2.05) is 18.2 Å². The van der Waals surface area contributed by atoms with Gasteiger partial charge in [-0.15, -0.1) is 0 Å². The van der Waals surface area contributed by atoms with Crippen LogP contribution < -0.4 is 15.2 Å². The maximum Gasteiger partial charge on any atom is 0.161 e. The highest BCUT2D eigenvalue weighted by molar-refractivity contribution is 5.43. The lowest BCUT2D eigenvalue weighted by atomic mass is 9.97. The molecule has 1 atom stereocenters. The third-order valence-electron chi connectivity index (χ3n) is 2.51. The van der Waals surface area contributed by atoms with Gasteiger partial charge in [-0.2, -0.15) is 0 Å². The molecule has 3 nitrogen and oxygen atoms in total. The Morgan fingerprint density at radius 1 is 1.07 bits per heavy atom. The summed E-state index contributed by atoms with van der Waals surface area (Å²) in [5, 5.41) is 0. The fourth-order valence-corrected chi connectivity index (χ4v) is 1.45. The molecule has 0 aliphatic rings. The van der Waals surface area contributed by atoms with Crippen molar-refractivity contribution in [2.24, 2.45) is 11.7 Å². The molecular formula is C12H19NO2. The summed E-state index contributed by atoms with van der Waals surface area (Å²) in [7, 11) is 3.25. The number of hydrogen-bond acceptors (Lipinski definition) is 3. The minimum Gasteiger partial charge on any atom is -0.493 e. The molecule has 0 saturated heterocycles.